The molecule has 1 aromatic rings. The van der Waals surface area contributed by atoms with E-state index in [-0.39, 0.29) is 5.91 Å². The SMILES string of the molecule is COCCCNc1nccc(C(=O)N2CCC(C)CC2)n1. The minimum absolute atomic E-state index is 0.00393. The number of rotatable bonds is 6. The van der Waals surface area contributed by atoms with Crippen LogP contribution in [-0.4, -0.2) is 54.1 Å². The van der Waals surface area contributed by atoms with Crippen molar-refractivity contribution in [3.63, 3.8) is 0 Å². The average Bonchev–Trinajstić information content (AvgIpc) is 2.52. The van der Waals surface area contributed by atoms with Crippen molar-refractivity contribution in [3.05, 3.63) is 18.0 Å². The monoisotopic (exact) mass is 292 g/mol. The molecule has 0 aromatic carbocycles. The summed E-state index contributed by atoms with van der Waals surface area (Å²) in [6.45, 7) is 5.29. The highest BCUT2D eigenvalue weighted by Crippen LogP contribution is 2.17. The maximum Gasteiger partial charge on any atom is 0.272 e. The minimum atomic E-state index is 0.00393. The second kappa shape index (κ2) is 7.93. The number of nitrogens with zero attached hydrogens (tertiary/aromatic N) is 3. The normalized spacial score (nSPS) is 16.0. The first-order chi connectivity index (χ1) is 10.2. The average molecular weight is 292 g/mol. The Hall–Kier alpha value is -1.69. The van der Waals surface area contributed by atoms with Gasteiger partial charge in [-0.2, -0.15) is 0 Å². The fraction of sp³-hybridized carbons (Fsp3) is 0.667. The number of likely N-dealkylation sites (tertiary alicyclic amines) is 1. The molecular formula is C15H24N4O2. The number of anilines is 1. The largest absolute Gasteiger partial charge is 0.385 e. The predicted molar refractivity (Wildman–Crippen MR) is 81.3 cm³/mol. The van der Waals surface area contributed by atoms with Gasteiger partial charge in [0.1, 0.15) is 5.69 Å². The Labute approximate surface area is 125 Å². The second-order valence-electron chi connectivity index (χ2n) is 5.51. The van der Waals surface area contributed by atoms with Crippen molar-refractivity contribution < 1.29 is 9.53 Å². The molecule has 2 heterocycles. The van der Waals surface area contributed by atoms with E-state index in [1.807, 2.05) is 4.90 Å². The van der Waals surface area contributed by atoms with Crippen LogP contribution in [0.3, 0.4) is 0 Å². The number of ether oxygens (including phenoxy) is 1. The molecule has 1 fully saturated rings. The van der Waals surface area contributed by atoms with Gasteiger partial charge in [-0.25, -0.2) is 9.97 Å². The predicted octanol–water partition coefficient (Wildman–Crippen LogP) is 1.80. The molecule has 0 radical (unpaired) electrons. The molecule has 0 saturated carbocycles. The highest BCUT2D eigenvalue weighted by molar-refractivity contribution is 5.92. The fourth-order valence-corrected chi connectivity index (χ4v) is 2.35. The molecule has 0 spiro atoms. The van der Waals surface area contributed by atoms with Crippen molar-refractivity contribution in [2.45, 2.75) is 26.2 Å². The molecule has 6 nitrogen and oxygen atoms in total. The summed E-state index contributed by atoms with van der Waals surface area (Å²) in [5.41, 5.74) is 0.466. The molecule has 1 aliphatic rings. The lowest BCUT2D eigenvalue weighted by molar-refractivity contribution is 0.0691. The number of piperidine rings is 1. The summed E-state index contributed by atoms with van der Waals surface area (Å²) in [6, 6.07) is 1.68. The lowest BCUT2D eigenvalue weighted by Gasteiger charge is -2.30. The molecular weight excluding hydrogens is 268 g/mol. The van der Waals surface area contributed by atoms with Gasteiger partial charge in [-0.1, -0.05) is 6.92 Å². The Morgan fingerprint density at radius 2 is 2.24 bits per heavy atom. The van der Waals surface area contributed by atoms with Crippen molar-refractivity contribution in [1.82, 2.24) is 14.9 Å². The van der Waals surface area contributed by atoms with Gasteiger partial charge in [-0.15, -0.1) is 0 Å². The lowest BCUT2D eigenvalue weighted by atomic mass is 9.99. The number of hydrogen-bond acceptors (Lipinski definition) is 5. The third-order valence-corrected chi connectivity index (χ3v) is 3.75. The van der Waals surface area contributed by atoms with Crippen LogP contribution in [0.5, 0.6) is 0 Å². The van der Waals surface area contributed by atoms with E-state index in [4.69, 9.17) is 4.74 Å². The molecule has 21 heavy (non-hydrogen) atoms. The van der Waals surface area contributed by atoms with Crippen molar-refractivity contribution in [3.8, 4) is 0 Å². The van der Waals surface area contributed by atoms with Crippen LogP contribution in [0.25, 0.3) is 0 Å². The Balaban J connectivity index is 1.91. The van der Waals surface area contributed by atoms with E-state index in [9.17, 15) is 4.79 Å². The van der Waals surface area contributed by atoms with E-state index in [0.29, 0.717) is 24.2 Å². The van der Waals surface area contributed by atoms with Crippen LogP contribution in [0, 0.1) is 5.92 Å². The van der Waals surface area contributed by atoms with Gasteiger partial charge < -0.3 is 15.0 Å². The summed E-state index contributed by atoms with van der Waals surface area (Å²) < 4.78 is 4.99. The first-order valence-electron chi connectivity index (χ1n) is 7.56. The Morgan fingerprint density at radius 1 is 1.48 bits per heavy atom. The van der Waals surface area contributed by atoms with Crippen LogP contribution in [0.15, 0.2) is 12.3 Å². The van der Waals surface area contributed by atoms with Gasteiger partial charge in [-0.3, -0.25) is 4.79 Å². The van der Waals surface area contributed by atoms with Gasteiger partial charge in [0.2, 0.25) is 5.95 Å². The van der Waals surface area contributed by atoms with E-state index >= 15 is 0 Å². The summed E-state index contributed by atoms with van der Waals surface area (Å²) >= 11 is 0. The van der Waals surface area contributed by atoms with Crippen molar-refractivity contribution >= 4 is 11.9 Å². The molecule has 1 aromatic heterocycles. The van der Waals surface area contributed by atoms with E-state index in [1.54, 1.807) is 19.4 Å². The van der Waals surface area contributed by atoms with Gasteiger partial charge in [0.15, 0.2) is 0 Å². The highest BCUT2D eigenvalue weighted by atomic mass is 16.5. The van der Waals surface area contributed by atoms with Gasteiger partial charge in [0, 0.05) is 39.5 Å². The van der Waals surface area contributed by atoms with Crippen LogP contribution >= 0.6 is 0 Å². The first kappa shape index (κ1) is 15.7. The van der Waals surface area contributed by atoms with Crippen LogP contribution in [0.1, 0.15) is 36.7 Å². The van der Waals surface area contributed by atoms with Crippen molar-refractivity contribution in [2.75, 3.05) is 38.7 Å². The number of nitrogens with one attached hydrogen (secondary N) is 1. The van der Waals surface area contributed by atoms with Crippen LogP contribution in [0.2, 0.25) is 0 Å². The summed E-state index contributed by atoms with van der Waals surface area (Å²) in [4.78, 5) is 22.8. The molecule has 2 rings (SSSR count). The Bertz CT molecular complexity index is 459. The van der Waals surface area contributed by atoms with E-state index in [2.05, 4.69) is 22.2 Å². The summed E-state index contributed by atoms with van der Waals surface area (Å²) in [5.74, 6) is 1.21. The number of aromatic nitrogens is 2. The van der Waals surface area contributed by atoms with Gasteiger partial charge >= 0.3 is 0 Å². The maximum atomic E-state index is 12.4. The van der Waals surface area contributed by atoms with Gasteiger partial charge in [0.05, 0.1) is 0 Å². The second-order valence-corrected chi connectivity index (χ2v) is 5.51. The van der Waals surface area contributed by atoms with E-state index in [1.165, 1.54) is 0 Å². The molecule has 1 amide bonds. The first-order valence-corrected chi connectivity index (χ1v) is 7.56. The van der Waals surface area contributed by atoms with E-state index in [0.717, 1.165) is 38.9 Å². The summed E-state index contributed by atoms with van der Waals surface area (Å²) in [7, 11) is 1.68. The zero-order chi connectivity index (χ0) is 15.1. The lowest BCUT2D eigenvalue weighted by Crippen LogP contribution is -2.38. The zero-order valence-corrected chi connectivity index (χ0v) is 12.8. The molecule has 1 N–H and O–H groups in total. The molecule has 6 heteroatoms. The molecule has 1 saturated heterocycles. The summed E-state index contributed by atoms with van der Waals surface area (Å²) in [5, 5.41) is 3.11. The summed E-state index contributed by atoms with van der Waals surface area (Å²) in [6.07, 6.45) is 4.64. The molecule has 0 aliphatic carbocycles. The molecule has 0 bridgehead atoms. The molecule has 0 atom stereocenters. The third kappa shape index (κ3) is 4.67. The number of carbonyl (C=O) groups is 1. The minimum Gasteiger partial charge on any atom is -0.385 e. The number of hydrogen-bond donors (Lipinski definition) is 1. The highest BCUT2D eigenvalue weighted by Gasteiger charge is 2.22. The molecule has 116 valence electrons. The maximum absolute atomic E-state index is 12.4. The standard InChI is InChI=1S/C15H24N4O2/c1-12-5-9-19(10-6-12)14(20)13-4-8-17-15(18-13)16-7-3-11-21-2/h4,8,12H,3,5-7,9-11H2,1-2H3,(H,16,17,18). The Kier molecular flexibility index (Phi) is 5.92. The molecule has 0 unspecified atom stereocenters. The van der Waals surface area contributed by atoms with Crippen LogP contribution in [-0.2, 0) is 4.74 Å². The number of carbonyl (C=O) groups excluding carboxylic acids is 1. The quantitative estimate of drug-likeness (QED) is 0.810. The number of methoxy groups -OCH3 is 1. The third-order valence-electron chi connectivity index (χ3n) is 3.75. The van der Waals surface area contributed by atoms with Crippen LogP contribution in [0.4, 0.5) is 5.95 Å². The van der Waals surface area contributed by atoms with Crippen molar-refractivity contribution in [2.24, 2.45) is 5.92 Å². The topological polar surface area (TPSA) is 67.3 Å². The van der Waals surface area contributed by atoms with E-state index < -0.39 is 0 Å². The number of amides is 1. The zero-order valence-electron chi connectivity index (χ0n) is 12.8. The van der Waals surface area contributed by atoms with Gasteiger partial charge in [-0.05, 0) is 31.2 Å². The Morgan fingerprint density at radius 3 is 2.95 bits per heavy atom. The van der Waals surface area contributed by atoms with Gasteiger partial charge in [0.25, 0.3) is 5.91 Å². The molecule has 1 aliphatic heterocycles. The smallest absolute Gasteiger partial charge is 0.272 e. The fourth-order valence-electron chi connectivity index (χ4n) is 2.35. The van der Waals surface area contributed by atoms with Crippen LogP contribution < -0.4 is 5.32 Å². The van der Waals surface area contributed by atoms with Crippen molar-refractivity contribution in [1.29, 1.82) is 0 Å².